The predicted molar refractivity (Wildman–Crippen MR) is 191 cm³/mol. The molecule has 0 amide bonds. The van der Waals surface area contributed by atoms with E-state index in [2.05, 4.69) is 128 Å². The van der Waals surface area contributed by atoms with Crippen molar-refractivity contribution in [1.29, 1.82) is 0 Å². The van der Waals surface area contributed by atoms with Gasteiger partial charge in [-0.15, -0.1) is 11.3 Å². The molecule has 0 bridgehead atoms. The van der Waals surface area contributed by atoms with E-state index < -0.39 is 0 Å². The molecule has 4 heteroatoms. The van der Waals surface area contributed by atoms with Gasteiger partial charge in [-0.1, -0.05) is 85.7 Å². The summed E-state index contributed by atoms with van der Waals surface area (Å²) in [7, 11) is 0. The molecule has 1 atom stereocenters. The summed E-state index contributed by atoms with van der Waals surface area (Å²) < 4.78 is 1.13. The van der Waals surface area contributed by atoms with Crippen molar-refractivity contribution in [3.63, 3.8) is 0 Å². The van der Waals surface area contributed by atoms with Gasteiger partial charge in [0.25, 0.3) is 0 Å². The second-order valence-electron chi connectivity index (χ2n) is 13.1. The second kappa shape index (κ2) is 11.7. The molecule has 1 heterocycles. The minimum Gasteiger partial charge on any atom is -0.311 e. The van der Waals surface area contributed by atoms with Crippen LogP contribution in [0.25, 0.3) is 26.3 Å². The summed E-state index contributed by atoms with van der Waals surface area (Å²) in [5.74, 6) is 0.477. The predicted octanol–water partition coefficient (Wildman–Crippen LogP) is 11.9. The number of para-hydroxylation sites is 1. The van der Waals surface area contributed by atoms with Gasteiger partial charge in [0.05, 0.1) is 16.8 Å². The highest BCUT2D eigenvalue weighted by Crippen LogP contribution is 2.51. The first-order chi connectivity index (χ1) is 21.8. The van der Waals surface area contributed by atoms with Gasteiger partial charge in [-0.2, -0.15) is 0 Å². The summed E-state index contributed by atoms with van der Waals surface area (Å²) in [5.41, 5.74) is 12.8. The lowest BCUT2D eigenvalue weighted by Crippen LogP contribution is -2.31. The fourth-order valence-electron chi connectivity index (χ4n) is 6.96. The van der Waals surface area contributed by atoms with Crippen molar-refractivity contribution < 1.29 is 0 Å². The number of hydrogen-bond acceptors (Lipinski definition) is 3. The number of thiazole rings is 1. The second-order valence-corrected chi connectivity index (χ2v) is 14.1. The third-order valence-corrected chi connectivity index (χ3v) is 10.4. The van der Waals surface area contributed by atoms with Crippen molar-refractivity contribution in [2.75, 3.05) is 4.90 Å². The van der Waals surface area contributed by atoms with Crippen molar-refractivity contribution in [1.82, 2.24) is 4.98 Å². The van der Waals surface area contributed by atoms with Crippen LogP contribution < -0.4 is 4.90 Å². The van der Waals surface area contributed by atoms with E-state index in [0.29, 0.717) is 11.6 Å². The molecule has 2 aliphatic carbocycles. The summed E-state index contributed by atoms with van der Waals surface area (Å²) in [5, 5.41) is 0.828. The van der Waals surface area contributed by atoms with Crippen molar-refractivity contribution in [2.45, 2.75) is 47.0 Å². The van der Waals surface area contributed by atoms with Crippen LogP contribution in [0.5, 0.6) is 0 Å². The fraction of sp³-hybridized carbons (Fsp3) is 0.220. The molecule has 222 valence electrons. The molecule has 5 aromatic rings. The van der Waals surface area contributed by atoms with E-state index in [0.717, 1.165) is 57.1 Å². The number of nitrogens with zero attached hydrogens (tertiary/aromatic N) is 3. The Bertz CT molecular complexity index is 1940. The highest BCUT2D eigenvalue weighted by Gasteiger charge is 2.38. The Morgan fingerprint density at radius 3 is 2.02 bits per heavy atom. The molecule has 0 aliphatic heterocycles. The summed E-state index contributed by atoms with van der Waals surface area (Å²) in [4.78, 5) is 11.2. The molecule has 1 unspecified atom stereocenters. The molecular weight excluding hydrogens is 567 g/mol. The number of fused-ring (bicyclic) bond motifs is 2. The number of benzene rings is 4. The first-order valence-electron chi connectivity index (χ1n) is 15.7. The molecule has 0 saturated heterocycles. The van der Waals surface area contributed by atoms with E-state index in [4.69, 9.17) is 11.6 Å². The largest absolute Gasteiger partial charge is 0.311 e. The molecule has 45 heavy (non-hydrogen) atoms. The third-order valence-electron chi connectivity index (χ3n) is 9.37. The number of aryl methyl sites for hydroxylation is 2. The normalized spacial score (nSPS) is 18.4. The Morgan fingerprint density at radius 2 is 1.42 bits per heavy atom. The zero-order valence-electron chi connectivity index (χ0n) is 26.3. The number of hydrogen-bond donors (Lipinski definition) is 0. The Balaban J connectivity index is 1.24. The molecule has 1 aromatic heterocycles. The number of aromatic nitrogens is 1. The number of allylic oxidation sites excluding steroid dienone is 5. The maximum Gasteiger partial charge on any atom is 0.225 e. The molecule has 2 aliphatic rings. The van der Waals surface area contributed by atoms with Gasteiger partial charge < -0.3 is 4.90 Å². The van der Waals surface area contributed by atoms with E-state index in [1.165, 1.54) is 27.8 Å². The zero-order valence-corrected chi connectivity index (χ0v) is 27.2. The fourth-order valence-corrected chi connectivity index (χ4v) is 7.95. The van der Waals surface area contributed by atoms with Crippen LogP contribution in [-0.2, 0) is 0 Å². The topological polar surface area (TPSA) is 20.5 Å². The van der Waals surface area contributed by atoms with Crippen LogP contribution in [0.4, 0.5) is 17.1 Å². The highest BCUT2D eigenvalue weighted by molar-refractivity contribution is 7.19. The lowest BCUT2D eigenvalue weighted by Gasteiger charge is -2.42. The van der Waals surface area contributed by atoms with Gasteiger partial charge in [-0.05, 0) is 115 Å². The molecular formula is C41H37N3S. The van der Waals surface area contributed by atoms with E-state index in [1.807, 2.05) is 18.2 Å². The molecule has 0 spiro atoms. The van der Waals surface area contributed by atoms with E-state index >= 15 is 0 Å². The monoisotopic (exact) mass is 603 g/mol. The average molecular weight is 604 g/mol. The van der Waals surface area contributed by atoms with E-state index in [9.17, 15) is 0 Å². The van der Waals surface area contributed by atoms with Gasteiger partial charge in [-0.3, -0.25) is 0 Å². The van der Waals surface area contributed by atoms with Crippen molar-refractivity contribution in [3.05, 3.63) is 153 Å². The summed E-state index contributed by atoms with van der Waals surface area (Å²) in [6, 6.07) is 34.7. The van der Waals surface area contributed by atoms with Gasteiger partial charge in [-0.25, -0.2) is 9.83 Å². The maximum atomic E-state index is 8.13. The smallest absolute Gasteiger partial charge is 0.225 e. The van der Waals surface area contributed by atoms with E-state index in [1.54, 1.807) is 11.3 Å². The van der Waals surface area contributed by atoms with Crippen LogP contribution in [0.15, 0.2) is 120 Å². The number of anilines is 3. The molecule has 4 aromatic carbocycles. The van der Waals surface area contributed by atoms with Crippen LogP contribution in [-0.4, -0.2) is 4.98 Å². The Morgan fingerprint density at radius 1 is 0.822 bits per heavy atom. The lowest BCUT2D eigenvalue weighted by molar-refractivity contribution is 0.228. The van der Waals surface area contributed by atoms with Crippen LogP contribution in [0.1, 0.15) is 54.8 Å². The summed E-state index contributed by atoms with van der Waals surface area (Å²) in [6.07, 6.45) is 7.77. The molecule has 0 saturated carbocycles. The van der Waals surface area contributed by atoms with Gasteiger partial charge in [0.15, 0.2) is 0 Å². The quantitative estimate of drug-likeness (QED) is 0.186. The number of rotatable bonds is 5. The van der Waals surface area contributed by atoms with Crippen LogP contribution >= 0.6 is 11.3 Å². The Labute approximate surface area is 270 Å². The van der Waals surface area contributed by atoms with Gasteiger partial charge in [0.1, 0.15) is 5.01 Å². The Kier molecular flexibility index (Phi) is 7.51. The van der Waals surface area contributed by atoms with Gasteiger partial charge >= 0.3 is 0 Å². The molecule has 0 N–H and O–H groups in total. The third kappa shape index (κ3) is 5.65. The Hall–Kier alpha value is -4.72. The highest BCUT2D eigenvalue weighted by atomic mass is 32.1. The van der Waals surface area contributed by atoms with Crippen LogP contribution in [0.2, 0.25) is 0 Å². The first kappa shape index (κ1) is 29.0. The molecule has 0 radical (unpaired) electrons. The minimum absolute atomic E-state index is 0.0699. The molecule has 0 fully saturated rings. The van der Waals surface area contributed by atoms with Crippen LogP contribution in [0.3, 0.4) is 0 Å². The van der Waals surface area contributed by atoms with E-state index in [-0.39, 0.29) is 5.41 Å². The lowest BCUT2D eigenvalue weighted by atomic mass is 9.62. The SMILES string of the molecule is [C-]#[N+]C(=C1C=C2C=C(c3ccc(N(c4ccc(C)cc4)c4ccc(C)cc4)cc3)CCC2C(C)(C)C1)c1nc2ccccc2s1. The molecule has 7 rings (SSSR count). The zero-order chi connectivity index (χ0) is 31.1. The maximum absolute atomic E-state index is 8.13. The summed E-state index contributed by atoms with van der Waals surface area (Å²) >= 11 is 1.62. The minimum atomic E-state index is 0.0699. The van der Waals surface area contributed by atoms with Crippen molar-refractivity contribution >= 4 is 49.9 Å². The van der Waals surface area contributed by atoms with Crippen molar-refractivity contribution in [3.8, 4) is 0 Å². The van der Waals surface area contributed by atoms with Crippen LogP contribution in [0, 0.1) is 31.8 Å². The standard InChI is InChI=1S/C41H37N3S/c1-27-10-17-33(18-11-27)44(34-19-12-28(2)13-20-34)35-21-14-29(15-22-35)30-16-23-36-31(24-30)25-32(26-41(36,3)4)39(42-5)40-43-37-8-6-7-9-38(37)45-40/h6-15,17-22,24-25,36H,16,23,26H2,1-4H3. The van der Waals surface area contributed by atoms with Crippen molar-refractivity contribution in [2.24, 2.45) is 11.3 Å². The summed E-state index contributed by atoms with van der Waals surface area (Å²) in [6.45, 7) is 17.1. The van der Waals surface area contributed by atoms with Gasteiger partial charge in [0.2, 0.25) is 5.70 Å². The van der Waals surface area contributed by atoms with Gasteiger partial charge in [0, 0.05) is 17.1 Å². The average Bonchev–Trinajstić information content (AvgIpc) is 3.47. The first-order valence-corrected chi connectivity index (χ1v) is 16.5. The molecule has 3 nitrogen and oxygen atoms in total.